The molecule has 4 rings (SSSR count). The van der Waals surface area contributed by atoms with Crippen molar-refractivity contribution < 1.29 is 35.9 Å². The van der Waals surface area contributed by atoms with Crippen LogP contribution in [0.4, 0.5) is 37.8 Å². The topological polar surface area (TPSA) is 181 Å². The Kier molecular flexibility index (Phi) is 10.9. The number of hydrogen-bond donors (Lipinski definition) is 6. The molecule has 4 aromatic rings. The average Bonchev–Trinajstić information content (AvgIpc) is 3.03. The molecular formula is C33H32F6N8O3. The lowest BCUT2D eigenvalue weighted by molar-refractivity contribution is -0.143. The van der Waals surface area contributed by atoms with Crippen molar-refractivity contribution in [2.24, 2.45) is 5.73 Å². The van der Waals surface area contributed by atoms with E-state index in [1.165, 1.54) is 24.4 Å². The second-order valence-corrected chi connectivity index (χ2v) is 11.5. The van der Waals surface area contributed by atoms with Gasteiger partial charge >= 0.3 is 12.4 Å². The maximum atomic E-state index is 13.5. The largest absolute Gasteiger partial charge is 0.416 e. The summed E-state index contributed by atoms with van der Waals surface area (Å²) in [5, 5.41) is 15.4. The maximum absolute atomic E-state index is 13.5. The van der Waals surface area contributed by atoms with Gasteiger partial charge in [0.05, 0.1) is 23.0 Å². The fourth-order valence-corrected chi connectivity index (χ4v) is 4.79. The van der Waals surface area contributed by atoms with Gasteiger partial charge < -0.3 is 27.4 Å². The molecule has 264 valence electrons. The van der Waals surface area contributed by atoms with Gasteiger partial charge in [-0.1, -0.05) is 24.3 Å². The summed E-state index contributed by atoms with van der Waals surface area (Å²) in [5.41, 5.74) is 8.68. The number of aromatic nitrogens is 2. The highest BCUT2D eigenvalue weighted by molar-refractivity contribution is 5.96. The first-order valence-corrected chi connectivity index (χ1v) is 14.9. The lowest BCUT2D eigenvalue weighted by atomic mass is 10.0. The van der Waals surface area contributed by atoms with Crippen LogP contribution in [0.3, 0.4) is 0 Å². The Morgan fingerprint density at radius 3 is 2.02 bits per heavy atom. The van der Waals surface area contributed by atoms with Crippen molar-refractivity contribution in [2.75, 3.05) is 11.1 Å². The van der Waals surface area contributed by atoms with Crippen molar-refractivity contribution in [3.8, 4) is 11.3 Å². The molecule has 0 saturated heterocycles. The summed E-state index contributed by atoms with van der Waals surface area (Å²) in [6.07, 6.45) is -8.84. The van der Waals surface area contributed by atoms with Crippen LogP contribution >= 0.6 is 0 Å². The third-order valence-corrected chi connectivity index (χ3v) is 7.15. The molecule has 1 aromatic heterocycles. The molecule has 8 N–H and O–H groups in total. The van der Waals surface area contributed by atoms with E-state index in [1.54, 1.807) is 38.1 Å². The predicted octanol–water partition coefficient (Wildman–Crippen LogP) is 4.88. The number of benzene rings is 3. The number of nitrogen functional groups attached to an aromatic ring is 2. The van der Waals surface area contributed by atoms with Gasteiger partial charge in [-0.05, 0) is 61.4 Å². The lowest BCUT2D eigenvalue weighted by Gasteiger charge is -2.17. The zero-order chi connectivity index (χ0) is 37.0. The third-order valence-electron chi connectivity index (χ3n) is 7.15. The molecular weight excluding hydrogens is 670 g/mol. The Balaban J connectivity index is 1.62. The standard InChI is InChI=1S/C33H32F6N8O3/c1-17(2)46-29-31(50)47(16-27(48)43-13-18-3-5-20(6-4-18)28(41)42)26(15-44-29)21-9-22(11-25(40)10-21)30(49)45-14-19-7-23(32(34,35)36)12-24(8-19)33(37,38)39/h3-12,15,17H,13-14,16,40H2,1-2H3,(H3,41,42)(H,43,48)(H,44,46)(H,45,49). The van der Waals surface area contributed by atoms with Crippen LogP contribution in [0.2, 0.25) is 0 Å². The Morgan fingerprint density at radius 1 is 0.860 bits per heavy atom. The van der Waals surface area contributed by atoms with Crippen LogP contribution in [-0.4, -0.2) is 33.2 Å². The number of nitrogens with one attached hydrogen (secondary N) is 4. The third kappa shape index (κ3) is 9.39. The highest BCUT2D eigenvalue weighted by Crippen LogP contribution is 2.36. The first kappa shape index (κ1) is 37.0. The van der Waals surface area contributed by atoms with Gasteiger partial charge in [0, 0.05) is 41.5 Å². The van der Waals surface area contributed by atoms with Crippen LogP contribution in [0, 0.1) is 5.41 Å². The van der Waals surface area contributed by atoms with Gasteiger partial charge in [0.2, 0.25) is 5.91 Å². The Labute approximate surface area is 281 Å². The molecule has 3 aromatic carbocycles. The van der Waals surface area contributed by atoms with Crippen LogP contribution in [-0.2, 0) is 36.8 Å². The fraction of sp³-hybridized carbons (Fsp3) is 0.242. The van der Waals surface area contributed by atoms with Crippen molar-refractivity contribution in [1.82, 2.24) is 20.2 Å². The molecule has 0 atom stereocenters. The number of amides is 2. The Morgan fingerprint density at radius 2 is 1.46 bits per heavy atom. The molecule has 2 amide bonds. The number of amidine groups is 1. The maximum Gasteiger partial charge on any atom is 0.416 e. The first-order chi connectivity index (χ1) is 23.3. The highest BCUT2D eigenvalue weighted by atomic mass is 19.4. The number of nitrogens with two attached hydrogens (primary N) is 2. The van der Waals surface area contributed by atoms with Gasteiger partial charge in [0.25, 0.3) is 11.5 Å². The van der Waals surface area contributed by atoms with Crippen LogP contribution < -0.4 is 33.0 Å². The Hall–Kier alpha value is -5.87. The van der Waals surface area contributed by atoms with Crippen molar-refractivity contribution in [3.63, 3.8) is 0 Å². The molecule has 0 radical (unpaired) electrons. The highest BCUT2D eigenvalue weighted by Gasteiger charge is 2.37. The second kappa shape index (κ2) is 14.7. The molecule has 0 aliphatic rings. The molecule has 0 aliphatic carbocycles. The van der Waals surface area contributed by atoms with E-state index in [0.717, 1.165) is 4.57 Å². The number of carbonyl (C=O) groups is 2. The van der Waals surface area contributed by atoms with Crippen molar-refractivity contribution in [2.45, 2.75) is 51.9 Å². The second-order valence-electron chi connectivity index (χ2n) is 11.5. The molecule has 1 heterocycles. The van der Waals surface area contributed by atoms with E-state index in [1.807, 2.05) is 0 Å². The molecule has 17 heteroatoms. The quantitative estimate of drug-likeness (QED) is 0.0558. The van der Waals surface area contributed by atoms with Gasteiger partial charge in [-0.15, -0.1) is 0 Å². The van der Waals surface area contributed by atoms with Gasteiger partial charge in [0.15, 0.2) is 5.82 Å². The molecule has 0 bridgehead atoms. The Bertz CT molecular complexity index is 1940. The smallest absolute Gasteiger partial charge is 0.399 e. The zero-order valence-corrected chi connectivity index (χ0v) is 26.6. The molecule has 0 fully saturated rings. The van der Waals surface area contributed by atoms with Crippen LogP contribution in [0.1, 0.15) is 52.0 Å². The molecule has 50 heavy (non-hydrogen) atoms. The van der Waals surface area contributed by atoms with Gasteiger partial charge in [-0.25, -0.2) is 4.98 Å². The number of rotatable bonds is 11. The minimum absolute atomic E-state index is 0.0157. The van der Waals surface area contributed by atoms with Crippen molar-refractivity contribution in [3.05, 3.63) is 111 Å². The first-order valence-electron chi connectivity index (χ1n) is 14.9. The van der Waals surface area contributed by atoms with E-state index < -0.39 is 59.5 Å². The summed E-state index contributed by atoms with van der Waals surface area (Å²) in [4.78, 5) is 43.9. The average molecular weight is 703 g/mol. The zero-order valence-electron chi connectivity index (χ0n) is 26.6. The summed E-state index contributed by atoms with van der Waals surface area (Å²) >= 11 is 0. The summed E-state index contributed by atoms with van der Waals surface area (Å²) in [7, 11) is 0. The number of hydrogen-bond acceptors (Lipinski definition) is 7. The number of carbonyl (C=O) groups excluding carboxylic acids is 2. The minimum Gasteiger partial charge on any atom is -0.399 e. The van der Waals surface area contributed by atoms with Crippen LogP contribution in [0.25, 0.3) is 11.3 Å². The van der Waals surface area contributed by atoms with E-state index >= 15 is 0 Å². The normalized spacial score (nSPS) is 11.7. The number of alkyl halides is 6. The molecule has 0 spiro atoms. The fourth-order valence-electron chi connectivity index (χ4n) is 4.79. The SMILES string of the molecule is CC(C)Nc1ncc(-c2cc(N)cc(C(=O)NCc3cc(C(F)(F)F)cc(C(F)(F)F)c3)c2)n(CC(=O)NCc2ccc(C(=N)N)cc2)c1=O. The molecule has 11 nitrogen and oxygen atoms in total. The molecule has 0 unspecified atom stereocenters. The minimum atomic E-state index is -5.06. The van der Waals surface area contributed by atoms with Crippen molar-refractivity contribution in [1.29, 1.82) is 5.41 Å². The van der Waals surface area contributed by atoms with E-state index in [4.69, 9.17) is 16.9 Å². The molecule has 0 saturated carbocycles. The summed E-state index contributed by atoms with van der Waals surface area (Å²) < 4.78 is 80.9. The monoisotopic (exact) mass is 702 g/mol. The van der Waals surface area contributed by atoms with E-state index in [0.29, 0.717) is 23.3 Å². The van der Waals surface area contributed by atoms with E-state index in [9.17, 15) is 40.7 Å². The van der Waals surface area contributed by atoms with Gasteiger partial charge in [-0.2, -0.15) is 26.3 Å². The summed E-state index contributed by atoms with van der Waals surface area (Å²) in [6.45, 7) is 2.46. The summed E-state index contributed by atoms with van der Waals surface area (Å²) in [6, 6.07) is 11.3. The van der Waals surface area contributed by atoms with E-state index in [-0.39, 0.29) is 52.8 Å². The van der Waals surface area contributed by atoms with Gasteiger partial charge in [-0.3, -0.25) is 24.4 Å². The molecule has 0 aliphatic heterocycles. The van der Waals surface area contributed by atoms with Gasteiger partial charge in [0.1, 0.15) is 12.4 Å². The summed E-state index contributed by atoms with van der Waals surface area (Å²) in [5.74, 6) is -1.63. The van der Waals surface area contributed by atoms with Crippen molar-refractivity contribution >= 4 is 29.2 Å². The lowest BCUT2D eigenvalue weighted by Crippen LogP contribution is -2.35. The van der Waals surface area contributed by atoms with Crippen LogP contribution in [0.5, 0.6) is 0 Å². The number of anilines is 2. The van der Waals surface area contributed by atoms with Crippen LogP contribution in [0.15, 0.2) is 71.7 Å². The van der Waals surface area contributed by atoms with E-state index in [2.05, 4.69) is 20.9 Å². The number of halogens is 6. The predicted molar refractivity (Wildman–Crippen MR) is 174 cm³/mol. The number of nitrogens with zero attached hydrogens (tertiary/aromatic N) is 2.